The zero-order chi connectivity index (χ0) is 12.8. The molecule has 0 saturated carbocycles. The summed E-state index contributed by atoms with van der Waals surface area (Å²) in [5.74, 6) is 6.38. The Labute approximate surface area is 105 Å². The van der Waals surface area contributed by atoms with Crippen molar-refractivity contribution in [2.24, 2.45) is 11.8 Å². The number of nitrogens with one attached hydrogen (secondary N) is 1. The van der Waals surface area contributed by atoms with Crippen LogP contribution in [0.2, 0.25) is 0 Å². The van der Waals surface area contributed by atoms with Crippen LogP contribution in [0.15, 0.2) is 6.07 Å². The topological polar surface area (TPSA) is 55.9 Å². The Bertz CT molecular complexity index is 330. The lowest BCUT2D eigenvalue weighted by Gasteiger charge is -2.18. The van der Waals surface area contributed by atoms with Crippen LogP contribution in [0, 0.1) is 5.92 Å². The molecule has 0 radical (unpaired) electrons. The van der Waals surface area contributed by atoms with Crippen LogP contribution >= 0.6 is 0 Å². The van der Waals surface area contributed by atoms with Gasteiger partial charge in [0, 0.05) is 6.54 Å². The number of aryl methyl sites for hydroxylation is 2. The summed E-state index contributed by atoms with van der Waals surface area (Å²) in [5.41, 5.74) is 5.29. The lowest BCUT2D eigenvalue weighted by Crippen LogP contribution is -2.30. The number of nitrogens with two attached hydrogens (primary N) is 1. The Kier molecular flexibility index (Phi) is 5.65. The van der Waals surface area contributed by atoms with Crippen molar-refractivity contribution in [3.05, 3.63) is 17.5 Å². The molecule has 0 amide bonds. The average Bonchev–Trinajstić information content (AvgIpc) is 2.73. The van der Waals surface area contributed by atoms with Crippen molar-refractivity contribution >= 4 is 0 Å². The van der Waals surface area contributed by atoms with Crippen LogP contribution in [0.5, 0.6) is 0 Å². The highest BCUT2D eigenvalue weighted by atomic mass is 15.3. The molecule has 3 N–H and O–H groups in total. The molecule has 1 heterocycles. The summed E-state index contributed by atoms with van der Waals surface area (Å²) in [6, 6.07) is 2.39. The summed E-state index contributed by atoms with van der Waals surface area (Å²) in [6.07, 6.45) is 3.20. The highest BCUT2D eigenvalue weighted by Crippen LogP contribution is 2.21. The van der Waals surface area contributed by atoms with Crippen LogP contribution in [-0.4, -0.2) is 9.78 Å². The van der Waals surface area contributed by atoms with Gasteiger partial charge >= 0.3 is 0 Å². The molecular formula is C13H26N4. The Morgan fingerprint density at radius 1 is 1.35 bits per heavy atom. The first-order valence-corrected chi connectivity index (χ1v) is 6.65. The van der Waals surface area contributed by atoms with Crippen molar-refractivity contribution in [2.75, 3.05) is 0 Å². The summed E-state index contributed by atoms with van der Waals surface area (Å²) in [5, 5.41) is 4.56. The van der Waals surface area contributed by atoms with Gasteiger partial charge in [-0.2, -0.15) is 5.10 Å². The fourth-order valence-electron chi connectivity index (χ4n) is 2.01. The zero-order valence-electron chi connectivity index (χ0n) is 11.5. The van der Waals surface area contributed by atoms with Gasteiger partial charge in [0.2, 0.25) is 0 Å². The molecule has 0 aliphatic rings. The predicted octanol–water partition coefficient (Wildman–Crippen LogP) is 2.41. The zero-order valence-corrected chi connectivity index (χ0v) is 11.5. The second kappa shape index (κ2) is 6.77. The van der Waals surface area contributed by atoms with E-state index in [0.717, 1.165) is 25.1 Å². The second-order valence-electron chi connectivity index (χ2n) is 4.92. The Balaban J connectivity index is 2.82. The van der Waals surface area contributed by atoms with Crippen LogP contribution in [-0.2, 0) is 13.0 Å². The van der Waals surface area contributed by atoms with Gasteiger partial charge in [-0.1, -0.05) is 20.8 Å². The normalized spacial score (nSPS) is 13.3. The molecule has 1 atom stereocenters. The van der Waals surface area contributed by atoms with Crippen LogP contribution < -0.4 is 11.3 Å². The van der Waals surface area contributed by atoms with Crippen LogP contribution in [0.3, 0.4) is 0 Å². The van der Waals surface area contributed by atoms with Crippen molar-refractivity contribution in [1.29, 1.82) is 0 Å². The first-order valence-electron chi connectivity index (χ1n) is 6.65. The van der Waals surface area contributed by atoms with E-state index < -0.39 is 0 Å². The Hall–Kier alpha value is -0.870. The molecule has 1 aromatic heterocycles. The van der Waals surface area contributed by atoms with Crippen molar-refractivity contribution in [3.63, 3.8) is 0 Å². The van der Waals surface area contributed by atoms with Gasteiger partial charge in [0.05, 0.1) is 17.4 Å². The van der Waals surface area contributed by atoms with Gasteiger partial charge in [0.25, 0.3) is 0 Å². The molecule has 4 heteroatoms. The molecule has 98 valence electrons. The number of nitrogens with zero attached hydrogens (tertiary/aromatic N) is 2. The summed E-state index contributed by atoms with van der Waals surface area (Å²) < 4.78 is 2.06. The number of aromatic nitrogens is 2. The second-order valence-corrected chi connectivity index (χ2v) is 4.92. The monoisotopic (exact) mass is 238 g/mol. The van der Waals surface area contributed by atoms with Gasteiger partial charge in [-0.15, -0.1) is 0 Å². The van der Waals surface area contributed by atoms with E-state index in [0.29, 0.717) is 5.92 Å². The van der Waals surface area contributed by atoms with Gasteiger partial charge in [-0.25, -0.2) is 0 Å². The van der Waals surface area contributed by atoms with E-state index in [1.54, 1.807) is 0 Å². The summed E-state index contributed by atoms with van der Waals surface area (Å²) in [7, 11) is 0. The maximum Gasteiger partial charge on any atom is 0.0629 e. The fraction of sp³-hybridized carbons (Fsp3) is 0.769. The summed E-state index contributed by atoms with van der Waals surface area (Å²) in [6.45, 7) is 9.62. The third kappa shape index (κ3) is 3.82. The minimum absolute atomic E-state index is 0.213. The molecule has 0 aliphatic heterocycles. The third-order valence-electron chi connectivity index (χ3n) is 3.11. The smallest absolute Gasteiger partial charge is 0.0629 e. The van der Waals surface area contributed by atoms with E-state index in [2.05, 4.69) is 49.0 Å². The highest BCUT2D eigenvalue weighted by Gasteiger charge is 2.16. The van der Waals surface area contributed by atoms with E-state index >= 15 is 0 Å². The van der Waals surface area contributed by atoms with E-state index in [4.69, 9.17) is 5.84 Å². The van der Waals surface area contributed by atoms with E-state index in [-0.39, 0.29) is 6.04 Å². The van der Waals surface area contributed by atoms with Gasteiger partial charge in [0.15, 0.2) is 0 Å². The molecule has 0 spiro atoms. The van der Waals surface area contributed by atoms with Gasteiger partial charge in [0.1, 0.15) is 0 Å². The number of hydrogen-bond donors (Lipinski definition) is 2. The molecular weight excluding hydrogens is 212 g/mol. The maximum absolute atomic E-state index is 5.67. The molecule has 0 saturated heterocycles. The van der Waals surface area contributed by atoms with Gasteiger partial charge < -0.3 is 0 Å². The average molecular weight is 238 g/mol. The van der Waals surface area contributed by atoms with E-state index in [9.17, 15) is 0 Å². The Morgan fingerprint density at radius 2 is 2.06 bits per heavy atom. The Morgan fingerprint density at radius 3 is 2.53 bits per heavy atom. The molecule has 0 fully saturated rings. The fourth-order valence-corrected chi connectivity index (χ4v) is 2.01. The van der Waals surface area contributed by atoms with Crippen LogP contribution in [0.4, 0.5) is 0 Å². The molecule has 1 aromatic rings. The quantitative estimate of drug-likeness (QED) is 0.566. The molecule has 1 unspecified atom stereocenters. The van der Waals surface area contributed by atoms with Crippen molar-refractivity contribution in [1.82, 2.24) is 15.2 Å². The molecule has 0 aromatic carbocycles. The van der Waals surface area contributed by atoms with Crippen molar-refractivity contribution in [2.45, 2.75) is 59.5 Å². The number of hydrogen-bond acceptors (Lipinski definition) is 3. The summed E-state index contributed by atoms with van der Waals surface area (Å²) in [4.78, 5) is 0. The first-order chi connectivity index (χ1) is 8.12. The van der Waals surface area contributed by atoms with Gasteiger partial charge in [-0.05, 0) is 38.2 Å². The lowest BCUT2D eigenvalue weighted by atomic mass is 10.0. The van der Waals surface area contributed by atoms with E-state index in [1.165, 1.54) is 12.1 Å². The van der Waals surface area contributed by atoms with E-state index in [1.807, 2.05) is 0 Å². The molecule has 17 heavy (non-hydrogen) atoms. The standard InChI is InChI=1S/C13H26N4/c1-5-11-9-13(17(6-2)16-11)12(15-14)8-7-10(3)4/h9-10,12,15H,5-8,14H2,1-4H3. The van der Waals surface area contributed by atoms with Crippen LogP contribution in [0.1, 0.15) is 58.0 Å². The minimum Gasteiger partial charge on any atom is -0.271 e. The summed E-state index contributed by atoms with van der Waals surface area (Å²) >= 11 is 0. The SMILES string of the molecule is CCc1cc(C(CCC(C)C)NN)n(CC)n1. The number of rotatable bonds is 7. The third-order valence-corrected chi connectivity index (χ3v) is 3.11. The highest BCUT2D eigenvalue weighted by molar-refractivity contribution is 5.14. The largest absolute Gasteiger partial charge is 0.271 e. The molecule has 4 nitrogen and oxygen atoms in total. The lowest BCUT2D eigenvalue weighted by molar-refractivity contribution is 0.421. The van der Waals surface area contributed by atoms with Gasteiger partial charge in [-0.3, -0.25) is 16.0 Å². The minimum atomic E-state index is 0.213. The van der Waals surface area contributed by atoms with Crippen LogP contribution in [0.25, 0.3) is 0 Å². The molecule has 0 bridgehead atoms. The number of hydrazine groups is 1. The van der Waals surface area contributed by atoms with Crippen molar-refractivity contribution < 1.29 is 0 Å². The maximum atomic E-state index is 5.67. The first kappa shape index (κ1) is 14.2. The molecule has 0 aliphatic carbocycles. The van der Waals surface area contributed by atoms with Crippen molar-refractivity contribution in [3.8, 4) is 0 Å². The molecule has 1 rings (SSSR count). The predicted molar refractivity (Wildman–Crippen MR) is 71.4 cm³/mol.